The first-order chi connectivity index (χ1) is 13.1. The third-order valence-electron chi connectivity index (χ3n) is 4.93. The van der Waals surface area contributed by atoms with E-state index in [2.05, 4.69) is 62.3 Å². The van der Waals surface area contributed by atoms with Crippen molar-refractivity contribution >= 4 is 5.96 Å². The van der Waals surface area contributed by atoms with Gasteiger partial charge in [0.1, 0.15) is 0 Å². The Hall–Kier alpha value is -1.59. The average molecular weight is 376 g/mol. The van der Waals surface area contributed by atoms with Gasteiger partial charge in [-0.1, -0.05) is 24.3 Å². The summed E-state index contributed by atoms with van der Waals surface area (Å²) >= 11 is 0. The molecule has 1 aliphatic rings. The fraction of sp³-hybridized carbons (Fsp3) is 0.682. The number of nitrogens with zero attached hydrogens (tertiary/aromatic N) is 2. The van der Waals surface area contributed by atoms with Crippen molar-refractivity contribution in [3.63, 3.8) is 0 Å². The first kappa shape index (κ1) is 21.7. The standard InChI is InChI=1S/C22H37N3O2/c1-5-23-22(25(4)13-10-19-11-14-26-15-12-19)24-16-20-6-8-21(9-7-20)17-27-18(2)3/h6-9,18-19H,5,10-17H2,1-4H3,(H,23,24). The quantitative estimate of drug-likeness (QED) is 0.526. The lowest BCUT2D eigenvalue weighted by Gasteiger charge is -2.26. The number of nitrogens with one attached hydrogen (secondary N) is 1. The van der Waals surface area contributed by atoms with Crippen molar-refractivity contribution < 1.29 is 9.47 Å². The molecule has 0 aromatic heterocycles. The Labute approximate surface area is 165 Å². The van der Waals surface area contributed by atoms with Crippen LogP contribution in [0.5, 0.6) is 0 Å². The van der Waals surface area contributed by atoms with E-state index < -0.39 is 0 Å². The molecule has 0 unspecified atom stereocenters. The van der Waals surface area contributed by atoms with Gasteiger partial charge in [-0.05, 0) is 57.1 Å². The fourth-order valence-electron chi connectivity index (χ4n) is 3.16. The normalized spacial score (nSPS) is 16.0. The highest BCUT2D eigenvalue weighted by Gasteiger charge is 2.15. The fourth-order valence-corrected chi connectivity index (χ4v) is 3.16. The highest BCUT2D eigenvalue weighted by Crippen LogP contribution is 2.18. The van der Waals surface area contributed by atoms with Crippen molar-refractivity contribution in [2.45, 2.75) is 59.3 Å². The molecule has 1 N–H and O–H groups in total. The number of hydrogen-bond donors (Lipinski definition) is 1. The highest BCUT2D eigenvalue weighted by molar-refractivity contribution is 5.79. The predicted octanol–water partition coefficient (Wildman–Crippen LogP) is 3.83. The summed E-state index contributed by atoms with van der Waals surface area (Å²) in [7, 11) is 2.13. The monoisotopic (exact) mass is 375 g/mol. The van der Waals surface area contributed by atoms with Crippen LogP contribution in [0, 0.1) is 5.92 Å². The lowest BCUT2D eigenvalue weighted by molar-refractivity contribution is 0.0625. The van der Waals surface area contributed by atoms with E-state index in [1.807, 2.05) is 0 Å². The van der Waals surface area contributed by atoms with Gasteiger partial charge in [0.15, 0.2) is 5.96 Å². The molecule has 0 saturated carbocycles. The second kappa shape index (κ2) is 12.0. The Morgan fingerprint density at radius 3 is 2.52 bits per heavy atom. The average Bonchev–Trinajstić information content (AvgIpc) is 2.69. The van der Waals surface area contributed by atoms with Gasteiger partial charge in [-0.2, -0.15) is 0 Å². The van der Waals surface area contributed by atoms with E-state index in [4.69, 9.17) is 14.5 Å². The molecule has 0 amide bonds. The molecule has 0 spiro atoms. The molecule has 1 fully saturated rings. The Bertz CT molecular complexity index is 551. The molecule has 1 aliphatic heterocycles. The lowest BCUT2D eigenvalue weighted by Crippen LogP contribution is -2.40. The molecule has 5 nitrogen and oxygen atoms in total. The molecule has 0 bridgehead atoms. The topological polar surface area (TPSA) is 46.1 Å². The summed E-state index contributed by atoms with van der Waals surface area (Å²) in [6, 6.07) is 8.56. The molecule has 27 heavy (non-hydrogen) atoms. The summed E-state index contributed by atoms with van der Waals surface area (Å²) in [4.78, 5) is 7.08. The molecule has 1 heterocycles. The van der Waals surface area contributed by atoms with E-state index in [1.54, 1.807) is 0 Å². The maximum atomic E-state index is 5.65. The Kier molecular flexibility index (Phi) is 9.64. The number of guanidine groups is 1. The molecule has 2 rings (SSSR count). The van der Waals surface area contributed by atoms with Crippen LogP contribution in [-0.2, 0) is 22.6 Å². The number of ether oxygens (including phenoxy) is 2. The summed E-state index contributed by atoms with van der Waals surface area (Å²) in [5.74, 6) is 1.77. The number of benzene rings is 1. The Morgan fingerprint density at radius 1 is 1.22 bits per heavy atom. The number of rotatable bonds is 9. The summed E-state index contributed by atoms with van der Waals surface area (Å²) < 4.78 is 11.1. The van der Waals surface area contributed by atoms with Gasteiger partial charge in [0.2, 0.25) is 0 Å². The molecule has 0 atom stereocenters. The third-order valence-corrected chi connectivity index (χ3v) is 4.93. The van der Waals surface area contributed by atoms with E-state index in [0.29, 0.717) is 13.2 Å². The van der Waals surface area contributed by atoms with E-state index in [9.17, 15) is 0 Å². The lowest BCUT2D eigenvalue weighted by atomic mass is 9.96. The molecular formula is C22H37N3O2. The minimum Gasteiger partial charge on any atom is -0.381 e. The zero-order chi connectivity index (χ0) is 19.5. The van der Waals surface area contributed by atoms with E-state index in [1.165, 1.54) is 30.4 Å². The molecule has 0 aliphatic carbocycles. The van der Waals surface area contributed by atoms with Gasteiger partial charge in [-0.3, -0.25) is 0 Å². The predicted molar refractivity (Wildman–Crippen MR) is 112 cm³/mol. The minimum atomic E-state index is 0.258. The SMILES string of the molecule is CCNC(=NCc1ccc(COC(C)C)cc1)N(C)CCC1CCOCC1. The minimum absolute atomic E-state index is 0.258. The first-order valence-corrected chi connectivity index (χ1v) is 10.3. The van der Waals surface area contributed by atoms with Gasteiger partial charge < -0.3 is 19.7 Å². The molecule has 5 heteroatoms. The molecular weight excluding hydrogens is 338 g/mol. The van der Waals surface area contributed by atoms with Gasteiger partial charge in [0, 0.05) is 33.4 Å². The highest BCUT2D eigenvalue weighted by atomic mass is 16.5. The maximum absolute atomic E-state index is 5.65. The van der Waals surface area contributed by atoms with Crippen molar-refractivity contribution in [3.05, 3.63) is 35.4 Å². The summed E-state index contributed by atoms with van der Waals surface area (Å²) in [5, 5.41) is 3.42. The van der Waals surface area contributed by atoms with Crippen LogP contribution in [0.2, 0.25) is 0 Å². The van der Waals surface area contributed by atoms with Crippen molar-refractivity contribution in [1.29, 1.82) is 0 Å². The van der Waals surface area contributed by atoms with E-state index in [0.717, 1.165) is 38.2 Å². The summed E-state index contributed by atoms with van der Waals surface area (Å²) in [5.41, 5.74) is 2.42. The van der Waals surface area contributed by atoms with Crippen LogP contribution in [0.3, 0.4) is 0 Å². The van der Waals surface area contributed by atoms with Crippen LogP contribution in [0.4, 0.5) is 0 Å². The van der Waals surface area contributed by atoms with Crippen LogP contribution in [0.1, 0.15) is 51.2 Å². The van der Waals surface area contributed by atoms with Crippen LogP contribution < -0.4 is 5.32 Å². The van der Waals surface area contributed by atoms with Crippen LogP contribution in [0.25, 0.3) is 0 Å². The van der Waals surface area contributed by atoms with Crippen molar-refractivity contribution in [2.75, 3.05) is 33.4 Å². The largest absolute Gasteiger partial charge is 0.381 e. The molecule has 1 aromatic carbocycles. The van der Waals surface area contributed by atoms with Gasteiger partial charge in [0.05, 0.1) is 19.3 Å². The summed E-state index contributed by atoms with van der Waals surface area (Å²) in [6.07, 6.45) is 3.84. The van der Waals surface area contributed by atoms with Gasteiger partial charge in [-0.15, -0.1) is 0 Å². The van der Waals surface area contributed by atoms with Gasteiger partial charge in [-0.25, -0.2) is 4.99 Å². The van der Waals surface area contributed by atoms with Gasteiger partial charge >= 0.3 is 0 Å². The third kappa shape index (κ3) is 8.31. The molecule has 152 valence electrons. The zero-order valence-corrected chi connectivity index (χ0v) is 17.5. The second-order valence-corrected chi connectivity index (χ2v) is 7.61. The second-order valence-electron chi connectivity index (χ2n) is 7.61. The summed E-state index contributed by atoms with van der Waals surface area (Å²) in [6.45, 7) is 11.3. The van der Waals surface area contributed by atoms with Crippen LogP contribution >= 0.6 is 0 Å². The molecule has 0 radical (unpaired) electrons. The van der Waals surface area contributed by atoms with Crippen LogP contribution in [-0.4, -0.2) is 50.3 Å². The molecule has 1 saturated heterocycles. The number of hydrogen-bond acceptors (Lipinski definition) is 3. The van der Waals surface area contributed by atoms with Crippen molar-refractivity contribution in [3.8, 4) is 0 Å². The van der Waals surface area contributed by atoms with Gasteiger partial charge in [0.25, 0.3) is 0 Å². The zero-order valence-electron chi connectivity index (χ0n) is 17.5. The molecule has 1 aromatic rings. The first-order valence-electron chi connectivity index (χ1n) is 10.3. The van der Waals surface area contributed by atoms with E-state index in [-0.39, 0.29) is 6.10 Å². The van der Waals surface area contributed by atoms with E-state index >= 15 is 0 Å². The number of aliphatic imine (C=N–C) groups is 1. The van der Waals surface area contributed by atoms with Crippen molar-refractivity contribution in [1.82, 2.24) is 10.2 Å². The Balaban J connectivity index is 1.85. The maximum Gasteiger partial charge on any atom is 0.193 e. The smallest absolute Gasteiger partial charge is 0.193 e. The Morgan fingerprint density at radius 2 is 1.89 bits per heavy atom. The van der Waals surface area contributed by atoms with Crippen LogP contribution in [0.15, 0.2) is 29.3 Å². The van der Waals surface area contributed by atoms with Crippen molar-refractivity contribution in [2.24, 2.45) is 10.9 Å².